The van der Waals surface area contributed by atoms with Gasteiger partial charge in [0.15, 0.2) is 0 Å². The average Bonchev–Trinajstić information content (AvgIpc) is 2.83. The van der Waals surface area contributed by atoms with Gasteiger partial charge in [-0.25, -0.2) is 0 Å². The second kappa shape index (κ2) is 6.44. The molecule has 0 saturated heterocycles. The van der Waals surface area contributed by atoms with E-state index >= 15 is 0 Å². The van der Waals surface area contributed by atoms with Gasteiger partial charge >= 0.3 is 0 Å². The predicted octanol–water partition coefficient (Wildman–Crippen LogP) is 3.68. The quantitative estimate of drug-likeness (QED) is 0.548. The van der Waals surface area contributed by atoms with E-state index in [2.05, 4.69) is 0 Å². The van der Waals surface area contributed by atoms with Crippen LogP contribution in [0.4, 0.5) is 11.4 Å². The first-order chi connectivity index (χ1) is 12.6. The number of nitrogens with two attached hydrogens (primary N) is 1. The first-order valence-corrected chi connectivity index (χ1v) is 8.36. The number of carbonyl (C=O) groups excluding carboxylic acids is 1. The smallest absolute Gasteiger partial charge is 0.262 e. The molecule has 0 aliphatic carbocycles. The first-order valence-electron chi connectivity index (χ1n) is 8.36. The molecule has 130 valence electrons. The van der Waals surface area contributed by atoms with Gasteiger partial charge in [-0.1, -0.05) is 36.4 Å². The zero-order chi connectivity index (χ0) is 18.1. The highest BCUT2D eigenvalue weighted by Crippen LogP contribution is 2.32. The zero-order valence-corrected chi connectivity index (χ0v) is 14.1. The second-order valence-corrected chi connectivity index (χ2v) is 6.13. The molecule has 1 amide bonds. The fourth-order valence-electron chi connectivity index (χ4n) is 3.08. The van der Waals surface area contributed by atoms with Gasteiger partial charge in [0.2, 0.25) is 0 Å². The van der Waals surface area contributed by atoms with E-state index in [0.29, 0.717) is 30.2 Å². The lowest BCUT2D eigenvalue weighted by Crippen LogP contribution is -2.32. The number of phenols is 1. The maximum Gasteiger partial charge on any atom is 0.262 e. The Bertz CT molecular complexity index is 970. The van der Waals surface area contributed by atoms with Gasteiger partial charge in [-0.2, -0.15) is 0 Å². The average molecular weight is 346 g/mol. The number of phenolic OH excluding ortho intramolecular Hbond substituents is 1. The summed E-state index contributed by atoms with van der Waals surface area (Å²) in [6.45, 7) is 0.774. The molecule has 5 heteroatoms. The van der Waals surface area contributed by atoms with Crippen LogP contribution in [-0.2, 0) is 0 Å². The van der Waals surface area contributed by atoms with Crippen LogP contribution >= 0.6 is 0 Å². The van der Waals surface area contributed by atoms with E-state index in [4.69, 9.17) is 10.5 Å². The third kappa shape index (κ3) is 2.84. The minimum Gasteiger partial charge on any atom is -0.506 e. The van der Waals surface area contributed by atoms with Crippen LogP contribution in [0.2, 0.25) is 0 Å². The topological polar surface area (TPSA) is 75.8 Å². The third-order valence-corrected chi connectivity index (χ3v) is 4.46. The van der Waals surface area contributed by atoms with E-state index in [1.54, 1.807) is 23.1 Å². The Morgan fingerprint density at radius 2 is 1.77 bits per heavy atom. The maximum absolute atomic E-state index is 13.0. The summed E-state index contributed by atoms with van der Waals surface area (Å²) < 4.78 is 5.84. The standard InChI is InChI=1S/C21H18N2O3/c22-18-13-16(7-9-19(18)24)23-10-11-26-20-12-15(6-8-17(20)21(23)25)14-4-2-1-3-5-14/h1-9,12-13,24H,10-11,22H2. The number of anilines is 2. The van der Waals surface area contributed by atoms with E-state index in [0.717, 1.165) is 11.1 Å². The number of aromatic hydroxyl groups is 1. The number of amides is 1. The normalized spacial score (nSPS) is 13.7. The summed E-state index contributed by atoms with van der Waals surface area (Å²) in [5, 5.41) is 9.61. The fourth-order valence-corrected chi connectivity index (χ4v) is 3.08. The Balaban J connectivity index is 1.71. The van der Waals surface area contributed by atoms with Crippen molar-refractivity contribution in [1.29, 1.82) is 0 Å². The summed E-state index contributed by atoms with van der Waals surface area (Å²) in [5.41, 5.74) is 9.22. The summed E-state index contributed by atoms with van der Waals surface area (Å²) >= 11 is 0. The molecule has 5 nitrogen and oxygen atoms in total. The molecule has 0 aromatic heterocycles. The molecule has 0 atom stereocenters. The van der Waals surface area contributed by atoms with Gasteiger partial charge in [0.25, 0.3) is 5.91 Å². The number of rotatable bonds is 2. The van der Waals surface area contributed by atoms with E-state index in [9.17, 15) is 9.90 Å². The van der Waals surface area contributed by atoms with Crippen molar-refractivity contribution in [3.8, 4) is 22.6 Å². The number of hydrogen-bond donors (Lipinski definition) is 2. The number of fused-ring (bicyclic) bond motifs is 1. The van der Waals surface area contributed by atoms with E-state index in [-0.39, 0.29) is 17.3 Å². The van der Waals surface area contributed by atoms with Crippen LogP contribution in [0, 0.1) is 0 Å². The van der Waals surface area contributed by atoms with Gasteiger partial charge < -0.3 is 20.5 Å². The molecular weight excluding hydrogens is 328 g/mol. The van der Waals surface area contributed by atoms with E-state index < -0.39 is 0 Å². The highest BCUT2D eigenvalue weighted by Gasteiger charge is 2.25. The molecule has 1 aliphatic rings. The molecule has 0 bridgehead atoms. The predicted molar refractivity (Wildman–Crippen MR) is 102 cm³/mol. The van der Waals surface area contributed by atoms with Crippen molar-refractivity contribution in [2.75, 3.05) is 23.8 Å². The molecule has 3 N–H and O–H groups in total. The fraction of sp³-hybridized carbons (Fsp3) is 0.0952. The van der Waals surface area contributed by atoms with Crippen LogP contribution in [-0.4, -0.2) is 24.2 Å². The van der Waals surface area contributed by atoms with E-state index in [1.807, 2.05) is 42.5 Å². The molecule has 1 heterocycles. The van der Waals surface area contributed by atoms with Crippen molar-refractivity contribution >= 4 is 17.3 Å². The molecule has 3 aromatic carbocycles. The number of benzene rings is 3. The van der Waals surface area contributed by atoms with Gasteiger partial charge in [0, 0.05) is 5.69 Å². The number of ether oxygens (including phenoxy) is 1. The van der Waals surface area contributed by atoms with Gasteiger partial charge in [0.1, 0.15) is 18.1 Å². The van der Waals surface area contributed by atoms with Crippen LogP contribution in [0.3, 0.4) is 0 Å². The van der Waals surface area contributed by atoms with Crippen molar-refractivity contribution < 1.29 is 14.6 Å². The van der Waals surface area contributed by atoms with Gasteiger partial charge in [-0.05, 0) is 41.5 Å². The largest absolute Gasteiger partial charge is 0.506 e. The number of hydrogen-bond acceptors (Lipinski definition) is 4. The van der Waals surface area contributed by atoms with Crippen LogP contribution in [0.15, 0.2) is 66.7 Å². The Labute approximate surface area is 151 Å². The van der Waals surface area contributed by atoms with Crippen LogP contribution < -0.4 is 15.4 Å². The number of nitrogens with zero attached hydrogens (tertiary/aromatic N) is 1. The van der Waals surface area contributed by atoms with Crippen LogP contribution in [0.5, 0.6) is 11.5 Å². The molecule has 3 aromatic rings. The summed E-state index contributed by atoms with van der Waals surface area (Å²) in [6, 6.07) is 20.3. The lowest BCUT2D eigenvalue weighted by atomic mass is 10.0. The lowest BCUT2D eigenvalue weighted by Gasteiger charge is -2.20. The van der Waals surface area contributed by atoms with E-state index in [1.165, 1.54) is 6.07 Å². The molecule has 0 saturated carbocycles. The molecule has 0 radical (unpaired) electrons. The molecule has 0 unspecified atom stereocenters. The zero-order valence-electron chi connectivity index (χ0n) is 14.1. The number of nitrogen functional groups attached to an aromatic ring is 1. The maximum atomic E-state index is 13.0. The van der Waals surface area contributed by atoms with Crippen molar-refractivity contribution in [3.63, 3.8) is 0 Å². The van der Waals surface area contributed by atoms with Gasteiger partial charge in [-0.3, -0.25) is 4.79 Å². The summed E-state index contributed by atoms with van der Waals surface area (Å²) in [7, 11) is 0. The van der Waals surface area contributed by atoms with Crippen molar-refractivity contribution in [2.24, 2.45) is 0 Å². The highest BCUT2D eigenvalue weighted by atomic mass is 16.5. The Morgan fingerprint density at radius 1 is 0.962 bits per heavy atom. The molecular formula is C21H18N2O3. The summed E-state index contributed by atoms with van der Waals surface area (Å²) in [6.07, 6.45) is 0. The van der Waals surface area contributed by atoms with Crippen LogP contribution in [0.1, 0.15) is 10.4 Å². The minimum absolute atomic E-state index is 0.000161. The third-order valence-electron chi connectivity index (χ3n) is 4.46. The summed E-state index contributed by atoms with van der Waals surface area (Å²) in [5.74, 6) is 0.424. The molecule has 1 aliphatic heterocycles. The van der Waals surface area contributed by atoms with Crippen molar-refractivity contribution in [1.82, 2.24) is 0 Å². The first kappa shape index (κ1) is 16.0. The molecule has 0 spiro atoms. The molecule has 4 rings (SSSR count). The molecule has 26 heavy (non-hydrogen) atoms. The monoisotopic (exact) mass is 346 g/mol. The Morgan fingerprint density at radius 3 is 2.54 bits per heavy atom. The van der Waals surface area contributed by atoms with Crippen molar-refractivity contribution in [2.45, 2.75) is 0 Å². The number of carbonyl (C=O) groups is 1. The van der Waals surface area contributed by atoms with Crippen molar-refractivity contribution in [3.05, 3.63) is 72.3 Å². The Hall–Kier alpha value is -3.47. The van der Waals surface area contributed by atoms with Gasteiger partial charge in [-0.15, -0.1) is 0 Å². The highest BCUT2D eigenvalue weighted by molar-refractivity contribution is 6.08. The van der Waals surface area contributed by atoms with Crippen LogP contribution in [0.25, 0.3) is 11.1 Å². The lowest BCUT2D eigenvalue weighted by molar-refractivity contribution is 0.0990. The van der Waals surface area contributed by atoms with Gasteiger partial charge in [0.05, 0.1) is 17.8 Å². The molecule has 0 fully saturated rings. The summed E-state index contributed by atoms with van der Waals surface area (Å²) in [4.78, 5) is 14.6. The Kier molecular flexibility index (Phi) is 3.97. The SMILES string of the molecule is Nc1cc(N2CCOc3cc(-c4ccccc4)ccc3C2=O)ccc1O. The second-order valence-electron chi connectivity index (χ2n) is 6.13. The minimum atomic E-state index is -0.151.